The zero-order chi connectivity index (χ0) is 17.2. The Bertz CT molecular complexity index is 653. The molecule has 0 saturated heterocycles. The Kier molecular flexibility index (Phi) is 6.07. The molecule has 0 spiro atoms. The van der Waals surface area contributed by atoms with Gasteiger partial charge >= 0.3 is 0 Å². The number of rotatable bonds is 4. The minimum atomic E-state index is -3.73. The smallest absolute Gasteiger partial charge is 0.247 e. The Morgan fingerprint density at radius 1 is 1.52 bits per heavy atom. The first-order valence-corrected chi connectivity index (χ1v) is 9.78. The van der Waals surface area contributed by atoms with Crippen LogP contribution in [0.2, 0.25) is 0 Å². The van der Waals surface area contributed by atoms with Gasteiger partial charge in [0.05, 0.1) is 6.61 Å². The van der Waals surface area contributed by atoms with Gasteiger partial charge in [-0.2, -0.15) is 4.31 Å². The number of benzene rings is 1. The first kappa shape index (κ1) is 18.7. The first-order valence-electron chi connectivity index (χ1n) is 7.54. The lowest BCUT2D eigenvalue weighted by molar-refractivity contribution is 0.103. The molecule has 2 N–H and O–H groups in total. The number of hydrogen-bond acceptors (Lipinski definition) is 5. The molecule has 3 atom stereocenters. The van der Waals surface area contributed by atoms with E-state index >= 15 is 0 Å². The molecule has 23 heavy (non-hydrogen) atoms. The molecule has 1 heterocycles. The van der Waals surface area contributed by atoms with Gasteiger partial charge in [0.15, 0.2) is 0 Å². The number of aliphatic hydroxyl groups is 1. The number of hydrogen-bond donors (Lipinski definition) is 2. The van der Waals surface area contributed by atoms with Crippen molar-refractivity contribution in [1.29, 1.82) is 0 Å². The van der Waals surface area contributed by atoms with Crippen molar-refractivity contribution < 1.29 is 18.3 Å². The van der Waals surface area contributed by atoms with E-state index in [-0.39, 0.29) is 23.5 Å². The highest BCUT2D eigenvalue weighted by Crippen LogP contribution is 2.34. The van der Waals surface area contributed by atoms with Gasteiger partial charge in [0.1, 0.15) is 16.7 Å². The van der Waals surface area contributed by atoms with Crippen molar-refractivity contribution in [3.8, 4) is 5.75 Å². The second-order valence-electron chi connectivity index (χ2n) is 5.89. The summed E-state index contributed by atoms with van der Waals surface area (Å²) in [5.74, 6) is 0.305. The summed E-state index contributed by atoms with van der Waals surface area (Å²) in [5, 5.41) is 12.6. The summed E-state index contributed by atoms with van der Waals surface area (Å²) in [5.41, 5.74) is 0. The number of ether oxygens (including phenoxy) is 1. The van der Waals surface area contributed by atoms with Gasteiger partial charge in [-0.3, -0.25) is 0 Å². The molecule has 0 aliphatic carbocycles. The molecule has 8 heteroatoms. The highest BCUT2D eigenvalue weighted by atomic mass is 79.9. The molecular weight excluding hydrogens is 384 g/mol. The summed E-state index contributed by atoms with van der Waals surface area (Å²) in [4.78, 5) is 0.133. The van der Waals surface area contributed by atoms with E-state index in [9.17, 15) is 13.5 Å². The fraction of sp³-hybridized carbons (Fsp3) is 0.600. The third kappa shape index (κ3) is 3.88. The maximum Gasteiger partial charge on any atom is 0.247 e. The van der Waals surface area contributed by atoms with Crippen molar-refractivity contribution in [2.24, 2.45) is 5.92 Å². The number of likely N-dealkylation sites (N-methyl/N-ethyl adjacent to an activating group) is 1. The van der Waals surface area contributed by atoms with Gasteiger partial charge in [-0.25, -0.2) is 8.42 Å². The van der Waals surface area contributed by atoms with Crippen molar-refractivity contribution in [2.75, 3.05) is 26.7 Å². The minimum Gasteiger partial charge on any atom is -0.487 e. The average molecular weight is 407 g/mol. The van der Waals surface area contributed by atoms with Crippen molar-refractivity contribution in [3.63, 3.8) is 0 Å². The molecule has 130 valence electrons. The van der Waals surface area contributed by atoms with Crippen LogP contribution in [0.5, 0.6) is 5.75 Å². The van der Waals surface area contributed by atoms with Crippen LogP contribution in [0, 0.1) is 5.92 Å². The number of nitrogens with zero attached hydrogens (tertiary/aromatic N) is 1. The lowest BCUT2D eigenvalue weighted by Gasteiger charge is -2.36. The Balaban J connectivity index is 2.58. The van der Waals surface area contributed by atoms with Gasteiger partial charge in [0.2, 0.25) is 10.0 Å². The summed E-state index contributed by atoms with van der Waals surface area (Å²) in [6.07, 6.45) is -0.169. The number of halogens is 1. The van der Waals surface area contributed by atoms with Crippen LogP contribution in [0.25, 0.3) is 0 Å². The summed E-state index contributed by atoms with van der Waals surface area (Å²) < 4.78 is 34.1. The quantitative estimate of drug-likeness (QED) is 0.790. The van der Waals surface area contributed by atoms with Crippen LogP contribution in [0.15, 0.2) is 27.6 Å². The van der Waals surface area contributed by atoms with E-state index in [0.29, 0.717) is 18.8 Å². The Morgan fingerprint density at radius 2 is 2.22 bits per heavy atom. The summed E-state index contributed by atoms with van der Waals surface area (Å²) in [7, 11) is -1.90. The number of fused-ring (bicyclic) bond motifs is 1. The maximum absolute atomic E-state index is 13.0. The fourth-order valence-electron chi connectivity index (χ4n) is 2.64. The van der Waals surface area contributed by atoms with Gasteiger partial charge in [-0.1, -0.05) is 22.9 Å². The minimum absolute atomic E-state index is 0.0293. The van der Waals surface area contributed by atoms with Gasteiger partial charge < -0.3 is 15.2 Å². The molecule has 0 aromatic heterocycles. The monoisotopic (exact) mass is 406 g/mol. The molecule has 1 aromatic rings. The molecule has 2 rings (SSSR count). The lowest BCUT2D eigenvalue weighted by Crippen LogP contribution is -2.49. The van der Waals surface area contributed by atoms with E-state index < -0.39 is 16.1 Å². The van der Waals surface area contributed by atoms with Crippen molar-refractivity contribution in [1.82, 2.24) is 9.62 Å². The van der Waals surface area contributed by atoms with Gasteiger partial charge in [0.25, 0.3) is 0 Å². The third-order valence-corrected chi connectivity index (χ3v) is 6.55. The standard InChI is InChI=1S/C15H23BrN2O4S/c1-10-8-18(11(2)9-19)23(20,21)15-5-4-12(16)6-13(15)22-14(10)7-17-3/h4-6,10-11,14,17,19H,7-9H2,1-3H3/t10-,11-,14+/m1/s1. The SMILES string of the molecule is CNC[C@@H]1Oc2cc(Br)ccc2S(=O)(=O)N([C@H](C)CO)C[C@H]1C. The molecule has 0 unspecified atom stereocenters. The van der Waals surface area contributed by atoms with E-state index in [1.165, 1.54) is 10.4 Å². The maximum atomic E-state index is 13.0. The number of nitrogens with one attached hydrogen (secondary N) is 1. The van der Waals surface area contributed by atoms with Crippen LogP contribution in [-0.2, 0) is 10.0 Å². The highest BCUT2D eigenvalue weighted by molar-refractivity contribution is 9.10. The van der Waals surface area contributed by atoms with E-state index in [1.54, 1.807) is 19.1 Å². The average Bonchev–Trinajstić information content (AvgIpc) is 2.50. The van der Waals surface area contributed by atoms with E-state index in [2.05, 4.69) is 21.2 Å². The largest absolute Gasteiger partial charge is 0.487 e. The number of aliphatic hydroxyl groups excluding tert-OH is 1. The lowest BCUT2D eigenvalue weighted by atomic mass is 10.0. The normalized spacial score (nSPS) is 25.8. The Hall–Kier alpha value is -0.670. The van der Waals surface area contributed by atoms with Crippen LogP contribution in [-0.4, -0.2) is 56.7 Å². The second-order valence-corrected chi connectivity index (χ2v) is 8.66. The summed E-state index contributed by atoms with van der Waals surface area (Å²) in [6.45, 7) is 4.34. The number of sulfonamides is 1. The topological polar surface area (TPSA) is 78.9 Å². The Labute approximate surface area is 146 Å². The molecule has 1 aliphatic rings. The van der Waals surface area contributed by atoms with Crippen LogP contribution in [0.3, 0.4) is 0 Å². The molecular formula is C15H23BrN2O4S. The predicted molar refractivity (Wildman–Crippen MR) is 92.1 cm³/mol. The molecule has 6 nitrogen and oxygen atoms in total. The first-order chi connectivity index (χ1) is 10.8. The molecule has 0 amide bonds. The fourth-order valence-corrected chi connectivity index (χ4v) is 4.81. The molecule has 0 radical (unpaired) electrons. The van der Waals surface area contributed by atoms with Crippen LogP contribution in [0.1, 0.15) is 13.8 Å². The van der Waals surface area contributed by atoms with E-state index in [4.69, 9.17) is 4.74 Å². The zero-order valence-corrected chi connectivity index (χ0v) is 15.9. The van der Waals surface area contributed by atoms with Gasteiger partial charge in [0, 0.05) is 29.5 Å². The van der Waals surface area contributed by atoms with Crippen LogP contribution in [0.4, 0.5) is 0 Å². The molecule has 0 bridgehead atoms. The predicted octanol–water partition coefficient (Wildman–Crippen LogP) is 1.44. The Morgan fingerprint density at radius 3 is 2.83 bits per heavy atom. The van der Waals surface area contributed by atoms with E-state index in [0.717, 1.165) is 4.47 Å². The second kappa shape index (κ2) is 7.48. The van der Waals surface area contributed by atoms with Crippen molar-refractivity contribution >= 4 is 26.0 Å². The molecule has 0 saturated carbocycles. The van der Waals surface area contributed by atoms with Crippen LogP contribution < -0.4 is 10.1 Å². The molecule has 1 aliphatic heterocycles. The van der Waals surface area contributed by atoms with Gasteiger partial charge in [-0.15, -0.1) is 0 Å². The summed E-state index contributed by atoms with van der Waals surface area (Å²) >= 11 is 3.36. The van der Waals surface area contributed by atoms with Crippen molar-refractivity contribution in [2.45, 2.75) is 30.9 Å². The molecule has 0 fully saturated rings. The van der Waals surface area contributed by atoms with Crippen molar-refractivity contribution in [3.05, 3.63) is 22.7 Å². The third-order valence-electron chi connectivity index (χ3n) is 4.03. The zero-order valence-electron chi connectivity index (χ0n) is 13.5. The molecule has 1 aromatic carbocycles. The van der Waals surface area contributed by atoms with Gasteiger partial charge in [-0.05, 0) is 32.2 Å². The van der Waals surface area contributed by atoms with Crippen LogP contribution >= 0.6 is 15.9 Å². The van der Waals surface area contributed by atoms with E-state index in [1.807, 2.05) is 14.0 Å². The highest BCUT2D eigenvalue weighted by Gasteiger charge is 2.37. The summed E-state index contributed by atoms with van der Waals surface area (Å²) in [6, 6.07) is 4.40.